The molecular formula is C14H16FN5S. The van der Waals surface area contributed by atoms with Crippen molar-refractivity contribution in [2.75, 3.05) is 12.0 Å². The Kier molecular flexibility index (Phi) is 4.52. The average molecular weight is 305 g/mol. The van der Waals surface area contributed by atoms with Crippen molar-refractivity contribution in [1.29, 1.82) is 10.8 Å². The molecule has 0 bridgehead atoms. The lowest BCUT2D eigenvalue weighted by molar-refractivity contribution is 0.495. The van der Waals surface area contributed by atoms with Gasteiger partial charge in [-0.3, -0.25) is 9.80 Å². The molecule has 3 N–H and O–H groups in total. The van der Waals surface area contributed by atoms with E-state index < -0.39 is 6.67 Å². The Morgan fingerprint density at radius 1 is 1.43 bits per heavy atom. The SMILES string of the molecule is C=C(CCF)Nc1ncnc2c1SC(=N)/C2=C(/C)C(C)=N. The Balaban J connectivity index is 2.46. The Hall–Kier alpha value is -2.02. The monoisotopic (exact) mass is 305 g/mol. The molecule has 0 spiro atoms. The molecule has 0 aliphatic carbocycles. The summed E-state index contributed by atoms with van der Waals surface area (Å²) in [5.74, 6) is 0.527. The first-order valence-corrected chi connectivity index (χ1v) is 7.16. The van der Waals surface area contributed by atoms with Crippen molar-refractivity contribution < 1.29 is 4.39 Å². The minimum absolute atomic E-state index is 0.211. The minimum Gasteiger partial charge on any atom is -0.343 e. The van der Waals surface area contributed by atoms with Crippen LogP contribution in [0.2, 0.25) is 0 Å². The number of hydrogen-bond acceptors (Lipinski definition) is 6. The first kappa shape index (κ1) is 15.4. The molecule has 0 saturated carbocycles. The molecule has 5 nitrogen and oxygen atoms in total. The summed E-state index contributed by atoms with van der Waals surface area (Å²) in [6, 6.07) is 0. The first-order chi connectivity index (χ1) is 9.95. The van der Waals surface area contributed by atoms with Crippen LogP contribution in [0.3, 0.4) is 0 Å². The zero-order valence-corrected chi connectivity index (χ0v) is 12.7. The summed E-state index contributed by atoms with van der Waals surface area (Å²) >= 11 is 1.24. The van der Waals surface area contributed by atoms with Gasteiger partial charge >= 0.3 is 0 Å². The summed E-state index contributed by atoms with van der Waals surface area (Å²) in [4.78, 5) is 9.10. The highest BCUT2D eigenvalue weighted by Crippen LogP contribution is 2.44. The van der Waals surface area contributed by atoms with Crippen molar-refractivity contribution >= 4 is 33.9 Å². The maximum atomic E-state index is 12.3. The Morgan fingerprint density at radius 3 is 2.76 bits per heavy atom. The minimum atomic E-state index is -0.487. The number of nitrogens with one attached hydrogen (secondary N) is 3. The molecular weight excluding hydrogens is 289 g/mol. The van der Waals surface area contributed by atoms with E-state index in [1.165, 1.54) is 18.1 Å². The Bertz CT molecular complexity index is 665. The van der Waals surface area contributed by atoms with Crippen LogP contribution in [0.1, 0.15) is 26.0 Å². The molecule has 0 radical (unpaired) electrons. The zero-order valence-electron chi connectivity index (χ0n) is 11.9. The van der Waals surface area contributed by atoms with Gasteiger partial charge in [0, 0.05) is 23.4 Å². The molecule has 2 heterocycles. The molecule has 1 aliphatic rings. The topological polar surface area (TPSA) is 85.5 Å². The fourth-order valence-corrected chi connectivity index (χ4v) is 2.89. The van der Waals surface area contributed by atoms with E-state index in [4.69, 9.17) is 10.8 Å². The number of thioether (sulfide) groups is 1. The van der Waals surface area contributed by atoms with Gasteiger partial charge in [0.15, 0.2) is 0 Å². The summed E-state index contributed by atoms with van der Waals surface area (Å²) in [6.07, 6.45) is 1.61. The predicted molar refractivity (Wildman–Crippen MR) is 85.0 cm³/mol. The summed E-state index contributed by atoms with van der Waals surface area (Å²) < 4.78 is 12.3. The largest absolute Gasteiger partial charge is 0.343 e. The van der Waals surface area contributed by atoms with Crippen molar-refractivity contribution in [3.05, 3.63) is 29.9 Å². The van der Waals surface area contributed by atoms with Crippen LogP contribution >= 0.6 is 11.8 Å². The smallest absolute Gasteiger partial charge is 0.148 e. The van der Waals surface area contributed by atoms with Gasteiger partial charge in [-0.15, -0.1) is 0 Å². The maximum Gasteiger partial charge on any atom is 0.148 e. The first-order valence-electron chi connectivity index (χ1n) is 6.35. The maximum absolute atomic E-state index is 12.3. The van der Waals surface area contributed by atoms with E-state index in [0.29, 0.717) is 33.5 Å². The molecule has 0 fully saturated rings. The second kappa shape index (κ2) is 6.17. The number of allylic oxidation sites excluding steroid dienone is 2. The van der Waals surface area contributed by atoms with Crippen LogP contribution in [0.15, 0.2) is 29.1 Å². The molecule has 0 amide bonds. The Morgan fingerprint density at radius 2 is 2.14 bits per heavy atom. The number of aromatic nitrogens is 2. The lowest BCUT2D eigenvalue weighted by Crippen LogP contribution is -2.04. The van der Waals surface area contributed by atoms with Gasteiger partial charge in [-0.2, -0.15) is 0 Å². The normalized spacial score (nSPS) is 15.7. The van der Waals surface area contributed by atoms with Gasteiger partial charge in [-0.05, 0) is 19.4 Å². The van der Waals surface area contributed by atoms with E-state index in [-0.39, 0.29) is 6.42 Å². The van der Waals surface area contributed by atoms with Gasteiger partial charge in [0.1, 0.15) is 17.2 Å². The van der Waals surface area contributed by atoms with Crippen LogP contribution in [0.4, 0.5) is 10.2 Å². The number of alkyl halides is 1. The van der Waals surface area contributed by atoms with Crippen LogP contribution in [0, 0.1) is 10.8 Å². The molecule has 0 atom stereocenters. The molecule has 21 heavy (non-hydrogen) atoms. The molecule has 1 aliphatic heterocycles. The summed E-state index contributed by atoms with van der Waals surface area (Å²) in [6.45, 7) is 6.75. The molecule has 7 heteroatoms. The molecule has 0 saturated heterocycles. The van der Waals surface area contributed by atoms with Crippen LogP contribution < -0.4 is 5.32 Å². The Labute approximate surface area is 126 Å². The van der Waals surface area contributed by atoms with Crippen molar-refractivity contribution in [1.82, 2.24) is 9.97 Å². The van der Waals surface area contributed by atoms with E-state index in [2.05, 4.69) is 21.9 Å². The van der Waals surface area contributed by atoms with Gasteiger partial charge in [0.05, 0.1) is 17.3 Å². The molecule has 2 rings (SSSR count). The standard InChI is InChI=1S/C14H16FN5S/c1-7(4-5-15)20-14-12-11(18-6-19-14)10(13(17)21-12)8(2)9(3)16/h6,16-17H,1,4-5H2,2-3H3,(H,18,19,20)/b10-8-,16-9?,17-13?. The van der Waals surface area contributed by atoms with Gasteiger partial charge < -0.3 is 10.7 Å². The summed E-state index contributed by atoms with van der Waals surface area (Å²) in [5.41, 5.74) is 2.95. The third-order valence-electron chi connectivity index (χ3n) is 3.10. The van der Waals surface area contributed by atoms with Gasteiger partial charge in [-0.25, -0.2) is 9.97 Å². The number of fused-ring (bicyclic) bond motifs is 1. The van der Waals surface area contributed by atoms with Crippen molar-refractivity contribution in [2.45, 2.75) is 25.2 Å². The summed E-state index contributed by atoms with van der Waals surface area (Å²) in [7, 11) is 0. The lowest BCUT2D eigenvalue weighted by atomic mass is 10.0. The van der Waals surface area contributed by atoms with Crippen molar-refractivity contribution in [2.24, 2.45) is 0 Å². The third kappa shape index (κ3) is 3.02. The van der Waals surface area contributed by atoms with Crippen LogP contribution in [0.5, 0.6) is 0 Å². The average Bonchev–Trinajstić information content (AvgIpc) is 2.75. The highest BCUT2D eigenvalue weighted by molar-refractivity contribution is 8.15. The van der Waals surface area contributed by atoms with Gasteiger partial charge in [-0.1, -0.05) is 18.3 Å². The second-order valence-electron chi connectivity index (χ2n) is 4.62. The third-order valence-corrected chi connectivity index (χ3v) is 4.10. The van der Waals surface area contributed by atoms with E-state index >= 15 is 0 Å². The highest BCUT2D eigenvalue weighted by Gasteiger charge is 2.29. The quantitative estimate of drug-likeness (QED) is 0.725. The van der Waals surface area contributed by atoms with E-state index in [1.807, 2.05) is 0 Å². The van der Waals surface area contributed by atoms with E-state index in [0.717, 1.165) is 10.5 Å². The molecule has 1 aromatic heterocycles. The van der Waals surface area contributed by atoms with Crippen LogP contribution in [0.25, 0.3) is 5.57 Å². The molecule has 110 valence electrons. The molecule has 0 aromatic carbocycles. The highest BCUT2D eigenvalue weighted by atomic mass is 32.2. The number of nitrogens with zero attached hydrogens (tertiary/aromatic N) is 2. The van der Waals surface area contributed by atoms with E-state index in [9.17, 15) is 4.39 Å². The van der Waals surface area contributed by atoms with E-state index in [1.54, 1.807) is 13.8 Å². The van der Waals surface area contributed by atoms with Crippen LogP contribution in [-0.2, 0) is 0 Å². The second-order valence-corrected chi connectivity index (χ2v) is 5.64. The fraction of sp³-hybridized carbons (Fsp3) is 0.286. The predicted octanol–water partition coefficient (Wildman–Crippen LogP) is 3.66. The molecule has 1 aromatic rings. The molecule has 0 unspecified atom stereocenters. The van der Waals surface area contributed by atoms with Gasteiger partial charge in [0.2, 0.25) is 0 Å². The fourth-order valence-electron chi connectivity index (χ4n) is 1.88. The number of anilines is 1. The van der Waals surface area contributed by atoms with Gasteiger partial charge in [0.25, 0.3) is 0 Å². The van der Waals surface area contributed by atoms with Crippen LogP contribution in [-0.4, -0.2) is 27.4 Å². The van der Waals surface area contributed by atoms with Crippen molar-refractivity contribution in [3.63, 3.8) is 0 Å². The lowest BCUT2D eigenvalue weighted by Gasteiger charge is -2.10. The number of rotatable bonds is 5. The van der Waals surface area contributed by atoms with Crippen molar-refractivity contribution in [3.8, 4) is 0 Å². The number of halogens is 1. The number of hydrogen-bond donors (Lipinski definition) is 3. The summed E-state index contributed by atoms with van der Waals surface area (Å²) in [5, 5.41) is 19.2. The zero-order chi connectivity index (χ0) is 15.6.